The molecule has 13 heavy (non-hydrogen) atoms. The highest BCUT2D eigenvalue weighted by Gasteiger charge is 2.18. The Hall–Kier alpha value is -1.06. The maximum absolute atomic E-state index is 11.2. The summed E-state index contributed by atoms with van der Waals surface area (Å²) in [7, 11) is 0. The Morgan fingerprint density at radius 1 is 0.923 bits per heavy atom. The quantitative estimate of drug-likeness (QED) is 0.549. The van der Waals surface area contributed by atoms with Crippen molar-refractivity contribution in [2.24, 2.45) is 5.73 Å². The van der Waals surface area contributed by atoms with Gasteiger partial charge in [-0.25, -0.2) is 0 Å². The largest absolute Gasteiger partial charge is 0.361 e. The number of amides is 2. The van der Waals surface area contributed by atoms with Gasteiger partial charge in [-0.15, -0.1) is 0 Å². The number of nitrogens with two attached hydrogens (primary N) is 1. The van der Waals surface area contributed by atoms with Crippen LogP contribution < -0.4 is 5.73 Å². The van der Waals surface area contributed by atoms with Crippen LogP contribution >= 0.6 is 0 Å². The zero-order chi connectivity index (χ0) is 9.68. The fraction of sp³-hybridized carbons (Fsp3) is 0.778. The van der Waals surface area contributed by atoms with Crippen molar-refractivity contribution in [1.29, 1.82) is 0 Å². The number of hydrogen-bond acceptors (Lipinski definition) is 2. The van der Waals surface area contributed by atoms with E-state index in [1.807, 2.05) is 0 Å². The van der Waals surface area contributed by atoms with Crippen molar-refractivity contribution in [3.8, 4) is 0 Å². The summed E-state index contributed by atoms with van der Waals surface area (Å²) in [5.74, 6) is -1.36. The van der Waals surface area contributed by atoms with E-state index in [1.54, 1.807) is 4.90 Å². The minimum atomic E-state index is -0.833. The molecule has 0 aromatic rings. The van der Waals surface area contributed by atoms with Crippen LogP contribution in [0.5, 0.6) is 0 Å². The summed E-state index contributed by atoms with van der Waals surface area (Å²) >= 11 is 0. The van der Waals surface area contributed by atoms with Gasteiger partial charge in [-0.3, -0.25) is 9.59 Å². The molecule has 4 nitrogen and oxygen atoms in total. The fourth-order valence-corrected chi connectivity index (χ4v) is 1.61. The van der Waals surface area contributed by atoms with Gasteiger partial charge in [0.15, 0.2) is 0 Å². The molecule has 0 aromatic heterocycles. The Labute approximate surface area is 78.1 Å². The summed E-state index contributed by atoms with van der Waals surface area (Å²) in [5.41, 5.74) is 4.93. The maximum atomic E-state index is 11.2. The SMILES string of the molecule is NC(=O)C(=O)N1CCCCCCC1. The second kappa shape index (κ2) is 4.84. The first kappa shape index (κ1) is 10.0. The monoisotopic (exact) mass is 184 g/mol. The Bertz CT molecular complexity index is 196. The van der Waals surface area contributed by atoms with Crippen LogP contribution in [0, 0.1) is 0 Å². The molecule has 0 aromatic carbocycles. The van der Waals surface area contributed by atoms with E-state index < -0.39 is 11.8 Å². The van der Waals surface area contributed by atoms with E-state index in [0.717, 1.165) is 25.7 Å². The molecule has 2 amide bonds. The standard InChI is InChI=1S/C9H16N2O2/c10-8(12)9(13)11-6-4-2-1-3-5-7-11/h1-7H2,(H2,10,12). The van der Waals surface area contributed by atoms with E-state index in [2.05, 4.69) is 0 Å². The van der Waals surface area contributed by atoms with Crippen LogP contribution in [-0.4, -0.2) is 29.8 Å². The topological polar surface area (TPSA) is 63.4 Å². The minimum absolute atomic E-state index is 0.526. The van der Waals surface area contributed by atoms with Gasteiger partial charge in [-0.1, -0.05) is 19.3 Å². The second-order valence-electron chi connectivity index (χ2n) is 3.42. The first-order valence-corrected chi connectivity index (χ1v) is 4.80. The number of carbonyl (C=O) groups is 2. The van der Waals surface area contributed by atoms with Crippen LogP contribution in [-0.2, 0) is 9.59 Å². The molecule has 0 bridgehead atoms. The van der Waals surface area contributed by atoms with Gasteiger partial charge in [-0.05, 0) is 12.8 Å². The van der Waals surface area contributed by atoms with Crippen molar-refractivity contribution in [3.05, 3.63) is 0 Å². The number of hydrogen-bond donors (Lipinski definition) is 1. The molecule has 1 rings (SSSR count). The molecule has 1 aliphatic rings. The molecule has 1 heterocycles. The third kappa shape index (κ3) is 3.05. The minimum Gasteiger partial charge on any atom is -0.361 e. The zero-order valence-electron chi connectivity index (χ0n) is 7.79. The van der Waals surface area contributed by atoms with Gasteiger partial charge in [0.1, 0.15) is 0 Å². The lowest BCUT2D eigenvalue weighted by molar-refractivity contribution is -0.144. The zero-order valence-corrected chi connectivity index (χ0v) is 7.79. The smallest absolute Gasteiger partial charge is 0.311 e. The van der Waals surface area contributed by atoms with Crippen LogP contribution in [0.15, 0.2) is 0 Å². The molecule has 4 heteroatoms. The van der Waals surface area contributed by atoms with Gasteiger partial charge in [0.25, 0.3) is 0 Å². The van der Waals surface area contributed by atoms with Crippen molar-refractivity contribution in [3.63, 3.8) is 0 Å². The third-order valence-corrected chi connectivity index (χ3v) is 2.35. The van der Waals surface area contributed by atoms with Gasteiger partial charge >= 0.3 is 11.8 Å². The first-order valence-electron chi connectivity index (χ1n) is 4.80. The molecule has 0 saturated carbocycles. The molecule has 2 N–H and O–H groups in total. The normalized spacial score (nSPS) is 18.9. The van der Waals surface area contributed by atoms with Crippen molar-refractivity contribution in [2.75, 3.05) is 13.1 Å². The van der Waals surface area contributed by atoms with Crippen molar-refractivity contribution in [1.82, 2.24) is 4.90 Å². The maximum Gasteiger partial charge on any atom is 0.311 e. The van der Waals surface area contributed by atoms with Gasteiger partial charge in [0.05, 0.1) is 0 Å². The fourth-order valence-electron chi connectivity index (χ4n) is 1.61. The van der Waals surface area contributed by atoms with E-state index in [9.17, 15) is 9.59 Å². The third-order valence-electron chi connectivity index (χ3n) is 2.35. The summed E-state index contributed by atoms with van der Waals surface area (Å²) in [6.07, 6.45) is 5.49. The lowest BCUT2D eigenvalue weighted by atomic mass is 10.1. The molecular formula is C9H16N2O2. The Balaban J connectivity index is 2.45. The summed E-state index contributed by atoms with van der Waals surface area (Å²) in [5, 5.41) is 0. The number of rotatable bonds is 0. The molecule has 1 fully saturated rings. The average molecular weight is 184 g/mol. The highest BCUT2D eigenvalue weighted by Crippen LogP contribution is 2.10. The van der Waals surface area contributed by atoms with Gasteiger partial charge in [0, 0.05) is 13.1 Å². The van der Waals surface area contributed by atoms with Crippen LogP contribution in [0.3, 0.4) is 0 Å². The molecule has 0 unspecified atom stereocenters. The summed E-state index contributed by atoms with van der Waals surface area (Å²) < 4.78 is 0. The predicted molar refractivity (Wildman–Crippen MR) is 48.9 cm³/mol. The molecule has 0 aliphatic carbocycles. The molecule has 1 aliphatic heterocycles. The van der Waals surface area contributed by atoms with Crippen LogP contribution in [0.4, 0.5) is 0 Å². The first-order chi connectivity index (χ1) is 6.22. The Morgan fingerprint density at radius 2 is 1.38 bits per heavy atom. The molecule has 74 valence electrons. The Kier molecular flexibility index (Phi) is 3.73. The molecule has 0 spiro atoms. The number of nitrogens with zero attached hydrogens (tertiary/aromatic N) is 1. The van der Waals surface area contributed by atoms with Crippen molar-refractivity contribution < 1.29 is 9.59 Å². The molecule has 0 atom stereocenters. The van der Waals surface area contributed by atoms with Crippen molar-refractivity contribution >= 4 is 11.8 Å². The van der Waals surface area contributed by atoms with E-state index in [1.165, 1.54) is 6.42 Å². The van der Waals surface area contributed by atoms with E-state index in [0.29, 0.717) is 13.1 Å². The number of primary amides is 1. The highest BCUT2D eigenvalue weighted by atomic mass is 16.2. The van der Waals surface area contributed by atoms with E-state index in [-0.39, 0.29) is 0 Å². The van der Waals surface area contributed by atoms with Gasteiger partial charge < -0.3 is 10.6 Å². The van der Waals surface area contributed by atoms with Gasteiger partial charge in [-0.2, -0.15) is 0 Å². The van der Waals surface area contributed by atoms with Crippen LogP contribution in [0.25, 0.3) is 0 Å². The van der Waals surface area contributed by atoms with Crippen LogP contribution in [0.1, 0.15) is 32.1 Å². The van der Waals surface area contributed by atoms with Crippen molar-refractivity contribution in [2.45, 2.75) is 32.1 Å². The molecular weight excluding hydrogens is 168 g/mol. The summed E-state index contributed by atoms with van der Waals surface area (Å²) in [4.78, 5) is 23.4. The predicted octanol–water partition coefficient (Wildman–Crippen LogP) is 0.264. The molecule has 1 saturated heterocycles. The highest BCUT2D eigenvalue weighted by molar-refractivity contribution is 6.34. The average Bonchev–Trinajstić information content (AvgIpc) is 2.02. The second-order valence-corrected chi connectivity index (χ2v) is 3.42. The van der Waals surface area contributed by atoms with Crippen LogP contribution in [0.2, 0.25) is 0 Å². The Morgan fingerprint density at radius 3 is 1.85 bits per heavy atom. The van der Waals surface area contributed by atoms with E-state index >= 15 is 0 Å². The summed E-state index contributed by atoms with van der Waals surface area (Å²) in [6, 6.07) is 0. The lowest BCUT2D eigenvalue weighted by Crippen LogP contribution is -2.41. The van der Waals surface area contributed by atoms with Gasteiger partial charge in [0.2, 0.25) is 0 Å². The number of likely N-dealkylation sites (tertiary alicyclic amines) is 1. The molecule has 0 radical (unpaired) electrons. The van der Waals surface area contributed by atoms with E-state index in [4.69, 9.17) is 5.73 Å². The lowest BCUT2D eigenvalue weighted by Gasteiger charge is -2.23. The number of carbonyl (C=O) groups excluding carboxylic acids is 2. The summed E-state index contributed by atoms with van der Waals surface area (Å²) in [6.45, 7) is 1.36.